The minimum absolute atomic E-state index is 0.133. The Balaban J connectivity index is 1.53. The number of ether oxygens (including phenoxy) is 1. The van der Waals surface area contributed by atoms with Crippen molar-refractivity contribution in [2.75, 3.05) is 37.9 Å². The Kier molecular flexibility index (Phi) is 9.95. The van der Waals surface area contributed by atoms with Crippen LogP contribution < -0.4 is 16.4 Å². The monoisotopic (exact) mass is 581 g/mol. The summed E-state index contributed by atoms with van der Waals surface area (Å²) in [6.45, 7) is 4.05. The Hall–Kier alpha value is -2.15. The first-order chi connectivity index (χ1) is 18.6. The van der Waals surface area contributed by atoms with Crippen molar-refractivity contribution in [3.05, 3.63) is 58.6 Å². The average Bonchev–Trinajstić information content (AvgIpc) is 2.89. The van der Waals surface area contributed by atoms with Gasteiger partial charge in [0, 0.05) is 54.9 Å². The molecule has 0 saturated carbocycles. The maximum absolute atomic E-state index is 15.0. The predicted molar refractivity (Wildman–Crippen MR) is 150 cm³/mol. The van der Waals surface area contributed by atoms with Gasteiger partial charge in [-0.05, 0) is 56.2 Å². The van der Waals surface area contributed by atoms with Crippen molar-refractivity contribution in [1.29, 1.82) is 0 Å². The molecule has 1 aromatic heterocycles. The van der Waals surface area contributed by atoms with Crippen molar-refractivity contribution < 1.29 is 22.3 Å². The molecule has 2 aliphatic rings. The van der Waals surface area contributed by atoms with Crippen LogP contribution in [0.3, 0.4) is 0 Å². The zero-order valence-corrected chi connectivity index (χ0v) is 23.8. The molecule has 4 N–H and O–H groups in total. The number of hydrogen-bond acceptors (Lipinski definition) is 7. The second-order valence-electron chi connectivity index (χ2n) is 10.5. The van der Waals surface area contributed by atoms with E-state index in [1.807, 2.05) is 19.1 Å². The van der Waals surface area contributed by atoms with Gasteiger partial charge in [0.2, 0.25) is 15.9 Å². The molecule has 12 heteroatoms. The van der Waals surface area contributed by atoms with Crippen LogP contribution in [-0.2, 0) is 26.0 Å². The zero-order chi connectivity index (χ0) is 28.2. The zero-order valence-electron chi connectivity index (χ0n) is 22.3. The largest absolute Gasteiger partial charge is 0.381 e. The number of benzene rings is 1. The standard InChI is InChI=1S/C27H37ClFN5O4S/c1-17-13-31-14-21(34(17)39(2,36)37)7-8-22-23(29)15-32-16-24(22)33-27(35)26(30)25(19-9-11-38-12-10-19)18-3-5-20(28)6-4-18/h3-6,15-17,19,21,25-26,31H,7-14,30H2,1-2H3,(H,33,35)/t17-,21+,25+,26+/m1/s1. The van der Waals surface area contributed by atoms with Gasteiger partial charge >= 0.3 is 0 Å². The van der Waals surface area contributed by atoms with Crippen molar-refractivity contribution in [1.82, 2.24) is 14.6 Å². The Labute approximate surface area is 234 Å². The van der Waals surface area contributed by atoms with E-state index in [9.17, 15) is 17.6 Å². The Morgan fingerprint density at radius 1 is 1.26 bits per heavy atom. The van der Waals surface area contributed by atoms with Crippen LogP contribution in [0.4, 0.5) is 10.1 Å². The van der Waals surface area contributed by atoms with Gasteiger partial charge in [-0.15, -0.1) is 0 Å². The van der Waals surface area contributed by atoms with Crippen LogP contribution in [0.25, 0.3) is 0 Å². The van der Waals surface area contributed by atoms with Crippen LogP contribution in [0.2, 0.25) is 5.02 Å². The third kappa shape index (κ3) is 7.33. The lowest BCUT2D eigenvalue weighted by molar-refractivity contribution is -0.118. The number of sulfonamides is 1. The van der Waals surface area contributed by atoms with Gasteiger partial charge in [0.05, 0.1) is 30.4 Å². The van der Waals surface area contributed by atoms with E-state index in [0.29, 0.717) is 37.7 Å². The van der Waals surface area contributed by atoms with E-state index >= 15 is 0 Å². The van der Waals surface area contributed by atoms with Crippen LogP contribution in [-0.4, -0.2) is 74.3 Å². The summed E-state index contributed by atoms with van der Waals surface area (Å²) in [5.74, 6) is -1.16. The summed E-state index contributed by atoms with van der Waals surface area (Å²) in [5, 5.41) is 6.66. The second-order valence-corrected chi connectivity index (χ2v) is 12.8. The van der Waals surface area contributed by atoms with Gasteiger partial charge in [-0.2, -0.15) is 4.31 Å². The smallest absolute Gasteiger partial charge is 0.241 e. The molecule has 9 nitrogen and oxygen atoms in total. The van der Waals surface area contributed by atoms with Gasteiger partial charge in [0.25, 0.3) is 0 Å². The average molecular weight is 582 g/mol. The molecule has 4 rings (SSSR count). The first kappa shape index (κ1) is 29.8. The number of nitrogens with two attached hydrogens (primary N) is 1. The van der Waals surface area contributed by atoms with Gasteiger partial charge < -0.3 is 21.1 Å². The van der Waals surface area contributed by atoms with E-state index in [1.54, 1.807) is 12.1 Å². The van der Waals surface area contributed by atoms with Crippen LogP contribution >= 0.6 is 11.6 Å². The molecule has 2 fully saturated rings. The van der Waals surface area contributed by atoms with Crippen molar-refractivity contribution in [3.63, 3.8) is 0 Å². The van der Waals surface area contributed by atoms with Gasteiger partial charge in [-0.25, -0.2) is 12.8 Å². The molecule has 2 aromatic rings. The number of anilines is 1. The SMILES string of the molecule is C[C@@H]1CNC[C@H](CCc2c(F)cncc2NC(=O)[C@@H](N)[C@@H](c2ccc(Cl)cc2)C2CCOCC2)N1S(C)(=O)=O. The van der Waals surface area contributed by atoms with E-state index in [2.05, 4.69) is 15.6 Å². The highest BCUT2D eigenvalue weighted by Gasteiger charge is 2.36. The van der Waals surface area contributed by atoms with Crippen LogP contribution in [0.5, 0.6) is 0 Å². The molecule has 0 spiro atoms. The fraction of sp³-hybridized carbons (Fsp3) is 0.556. The van der Waals surface area contributed by atoms with Crippen molar-refractivity contribution >= 4 is 33.2 Å². The lowest BCUT2D eigenvalue weighted by atomic mass is 9.76. The fourth-order valence-corrected chi connectivity index (χ4v) is 7.45. The Morgan fingerprint density at radius 2 is 1.95 bits per heavy atom. The van der Waals surface area contributed by atoms with E-state index in [0.717, 1.165) is 24.6 Å². The van der Waals surface area contributed by atoms with Gasteiger partial charge in [0.15, 0.2) is 0 Å². The number of carbonyl (C=O) groups excluding carboxylic acids is 1. The summed E-state index contributed by atoms with van der Waals surface area (Å²) in [4.78, 5) is 17.4. The van der Waals surface area contributed by atoms with Crippen LogP contribution in [0, 0.1) is 11.7 Å². The summed E-state index contributed by atoms with van der Waals surface area (Å²) in [5.41, 5.74) is 8.00. The number of piperazine rings is 1. The molecule has 2 aliphatic heterocycles. The van der Waals surface area contributed by atoms with Crippen molar-refractivity contribution in [3.8, 4) is 0 Å². The molecule has 214 valence electrons. The number of carbonyl (C=O) groups is 1. The molecule has 2 saturated heterocycles. The molecule has 4 atom stereocenters. The highest BCUT2D eigenvalue weighted by Crippen LogP contribution is 2.35. The molecular formula is C27H37ClFN5O4S. The normalized spacial score (nSPS) is 22.8. The van der Waals surface area contributed by atoms with Gasteiger partial charge in [-0.3, -0.25) is 9.78 Å². The highest BCUT2D eigenvalue weighted by molar-refractivity contribution is 7.88. The number of aromatic nitrogens is 1. The molecule has 0 radical (unpaired) electrons. The van der Waals surface area contributed by atoms with Crippen LogP contribution in [0.1, 0.15) is 43.2 Å². The summed E-state index contributed by atoms with van der Waals surface area (Å²) >= 11 is 6.10. The molecule has 1 amide bonds. The number of halogens is 2. The topological polar surface area (TPSA) is 127 Å². The summed E-state index contributed by atoms with van der Waals surface area (Å²) in [6, 6.07) is 5.87. The molecule has 1 aromatic carbocycles. The Bertz CT molecular complexity index is 1240. The predicted octanol–water partition coefficient (Wildman–Crippen LogP) is 2.90. The van der Waals surface area contributed by atoms with E-state index < -0.39 is 27.8 Å². The number of pyridine rings is 1. The highest BCUT2D eigenvalue weighted by atomic mass is 35.5. The number of amides is 1. The molecule has 0 unspecified atom stereocenters. The van der Waals surface area contributed by atoms with E-state index in [4.69, 9.17) is 22.1 Å². The second kappa shape index (κ2) is 13.0. The minimum Gasteiger partial charge on any atom is -0.381 e. The quantitative estimate of drug-likeness (QED) is 0.415. The minimum atomic E-state index is -3.44. The van der Waals surface area contributed by atoms with E-state index in [1.165, 1.54) is 16.8 Å². The number of nitrogens with zero attached hydrogens (tertiary/aromatic N) is 2. The number of hydrogen-bond donors (Lipinski definition) is 3. The summed E-state index contributed by atoms with van der Waals surface area (Å²) in [6.07, 6.45) is 5.82. The molecule has 0 aliphatic carbocycles. The Morgan fingerprint density at radius 3 is 2.62 bits per heavy atom. The van der Waals surface area contributed by atoms with Crippen molar-refractivity contribution in [2.24, 2.45) is 11.7 Å². The lowest BCUT2D eigenvalue weighted by Crippen LogP contribution is -2.58. The maximum atomic E-state index is 15.0. The molecule has 3 heterocycles. The van der Waals surface area contributed by atoms with Gasteiger partial charge in [-0.1, -0.05) is 23.7 Å². The first-order valence-corrected chi connectivity index (χ1v) is 15.5. The summed E-state index contributed by atoms with van der Waals surface area (Å²) < 4.78 is 46.9. The number of nitrogens with one attached hydrogen (secondary N) is 2. The summed E-state index contributed by atoms with van der Waals surface area (Å²) in [7, 11) is -3.44. The van der Waals surface area contributed by atoms with E-state index in [-0.39, 0.29) is 41.6 Å². The third-order valence-electron chi connectivity index (χ3n) is 7.71. The van der Waals surface area contributed by atoms with Gasteiger partial charge in [0.1, 0.15) is 5.82 Å². The molecule has 39 heavy (non-hydrogen) atoms. The fourth-order valence-electron chi connectivity index (χ4n) is 5.87. The lowest BCUT2D eigenvalue weighted by Gasteiger charge is -2.39. The maximum Gasteiger partial charge on any atom is 0.241 e. The molecule has 0 bridgehead atoms. The first-order valence-electron chi connectivity index (χ1n) is 13.3. The van der Waals surface area contributed by atoms with Crippen molar-refractivity contribution in [2.45, 2.75) is 56.7 Å². The molecular weight excluding hydrogens is 545 g/mol. The number of rotatable bonds is 9. The van der Waals surface area contributed by atoms with Crippen LogP contribution in [0.15, 0.2) is 36.7 Å². The third-order valence-corrected chi connectivity index (χ3v) is 9.38.